The molecule has 20 heavy (non-hydrogen) atoms. The van der Waals surface area contributed by atoms with Crippen LogP contribution in [0.1, 0.15) is 65.7 Å². The van der Waals surface area contributed by atoms with Crippen molar-refractivity contribution in [3.05, 3.63) is 0 Å². The van der Waals surface area contributed by atoms with Gasteiger partial charge in [-0.2, -0.15) is 0 Å². The molecule has 0 aromatic carbocycles. The molecule has 3 N–H and O–H groups in total. The minimum absolute atomic E-state index is 0.0115. The lowest BCUT2D eigenvalue weighted by molar-refractivity contribution is -0.139. The zero-order valence-electron chi connectivity index (χ0n) is 12.9. The average molecular weight is 284 g/mol. The summed E-state index contributed by atoms with van der Waals surface area (Å²) in [5.41, 5.74) is -0.506. The molecule has 0 atom stereocenters. The molecule has 5 nitrogen and oxygen atoms in total. The van der Waals surface area contributed by atoms with Gasteiger partial charge in [-0.15, -0.1) is 0 Å². The number of carbonyl (C=O) groups is 2. The molecule has 116 valence electrons. The Morgan fingerprint density at radius 2 is 1.80 bits per heavy atom. The van der Waals surface area contributed by atoms with Gasteiger partial charge < -0.3 is 15.7 Å². The summed E-state index contributed by atoms with van der Waals surface area (Å²) < 4.78 is 0. The maximum Gasteiger partial charge on any atom is 0.315 e. The summed E-state index contributed by atoms with van der Waals surface area (Å²) in [7, 11) is 0. The Labute approximate surface area is 121 Å². The lowest BCUT2D eigenvalue weighted by atomic mass is 9.79. The Bertz CT molecular complexity index is 347. The van der Waals surface area contributed by atoms with E-state index in [-0.39, 0.29) is 17.9 Å². The van der Waals surface area contributed by atoms with Crippen LogP contribution in [0.15, 0.2) is 0 Å². The van der Waals surface area contributed by atoms with Gasteiger partial charge in [0.15, 0.2) is 0 Å². The lowest BCUT2D eigenvalue weighted by Gasteiger charge is -2.37. The first-order valence-corrected chi connectivity index (χ1v) is 7.56. The van der Waals surface area contributed by atoms with E-state index < -0.39 is 11.5 Å². The minimum atomic E-state index is -0.846. The molecule has 5 heteroatoms. The third-order valence-corrected chi connectivity index (χ3v) is 4.36. The summed E-state index contributed by atoms with van der Waals surface area (Å²) in [4.78, 5) is 23.1. The molecular formula is C15H28N2O3. The quantitative estimate of drug-likeness (QED) is 0.701. The normalized spacial score (nSPS) is 18.4. The summed E-state index contributed by atoms with van der Waals surface area (Å²) >= 11 is 0. The topological polar surface area (TPSA) is 78.4 Å². The lowest BCUT2D eigenvalue weighted by Crippen LogP contribution is -2.55. The van der Waals surface area contributed by atoms with Crippen molar-refractivity contribution in [1.82, 2.24) is 10.6 Å². The number of amides is 2. The molecule has 0 radical (unpaired) electrons. The van der Waals surface area contributed by atoms with E-state index in [1.54, 1.807) is 0 Å². The Kier molecular flexibility index (Phi) is 5.84. The fraction of sp³-hybridized carbons (Fsp3) is 0.867. The van der Waals surface area contributed by atoms with Gasteiger partial charge in [-0.25, -0.2) is 4.79 Å². The van der Waals surface area contributed by atoms with Gasteiger partial charge in [0.25, 0.3) is 0 Å². The van der Waals surface area contributed by atoms with E-state index in [1.807, 2.05) is 0 Å². The summed E-state index contributed by atoms with van der Waals surface area (Å²) in [6.45, 7) is 6.88. The first kappa shape index (κ1) is 16.8. The smallest absolute Gasteiger partial charge is 0.315 e. The van der Waals surface area contributed by atoms with Crippen LogP contribution in [0.25, 0.3) is 0 Å². The molecule has 1 aliphatic carbocycles. The Hall–Kier alpha value is -1.26. The van der Waals surface area contributed by atoms with Crippen molar-refractivity contribution in [3.8, 4) is 0 Å². The van der Waals surface area contributed by atoms with E-state index >= 15 is 0 Å². The summed E-state index contributed by atoms with van der Waals surface area (Å²) in [5, 5.41) is 14.9. The number of nitrogens with one attached hydrogen (secondary N) is 2. The monoisotopic (exact) mass is 284 g/mol. The molecule has 0 saturated heterocycles. The first-order valence-electron chi connectivity index (χ1n) is 7.56. The Morgan fingerprint density at radius 3 is 2.30 bits per heavy atom. The van der Waals surface area contributed by atoms with E-state index in [2.05, 4.69) is 31.4 Å². The largest absolute Gasteiger partial charge is 0.481 e. The van der Waals surface area contributed by atoms with Gasteiger partial charge in [-0.1, -0.05) is 40.0 Å². The van der Waals surface area contributed by atoms with Crippen molar-refractivity contribution in [2.45, 2.75) is 71.3 Å². The third-order valence-electron chi connectivity index (χ3n) is 4.36. The average Bonchev–Trinajstić information content (AvgIpc) is 2.36. The molecule has 0 spiro atoms. The SMILES string of the molecule is CCC(C)(C)CNC(=O)NC1(CC(=O)O)CCCCC1. The summed E-state index contributed by atoms with van der Waals surface area (Å²) in [5.74, 6) is -0.846. The first-order chi connectivity index (χ1) is 9.29. The fourth-order valence-corrected chi connectivity index (χ4v) is 2.59. The van der Waals surface area contributed by atoms with E-state index in [1.165, 1.54) is 0 Å². The molecule has 0 unspecified atom stereocenters. The molecule has 0 heterocycles. The number of aliphatic carboxylic acids is 1. The van der Waals surface area contributed by atoms with Gasteiger partial charge in [0, 0.05) is 6.54 Å². The maximum atomic E-state index is 12.0. The number of carbonyl (C=O) groups excluding carboxylic acids is 1. The van der Waals surface area contributed by atoms with Gasteiger partial charge in [-0.05, 0) is 24.7 Å². The van der Waals surface area contributed by atoms with E-state index in [0.29, 0.717) is 6.54 Å². The highest BCUT2D eigenvalue weighted by molar-refractivity contribution is 5.76. The molecule has 1 aliphatic rings. The number of carboxylic acid groups (broad SMARTS) is 1. The van der Waals surface area contributed by atoms with Crippen molar-refractivity contribution in [3.63, 3.8) is 0 Å². The second kappa shape index (κ2) is 6.95. The molecular weight excluding hydrogens is 256 g/mol. The van der Waals surface area contributed by atoms with E-state index in [0.717, 1.165) is 38.5 Å². The molecule has 1 rings (SSSR count). The van der Waals surface area contributed by atoms with Crippen LogP contribution < -0.4 is 10.6 Å². The summed E-state index contributed by atoms with van der Waals surface area (Å²) in [6.07, 6.45) is 5.58. The highest BCUT2D eigenvalue weighted by atomic mass is 16.4. The predicted molar refractivity (Wildman–Crippen MR) is 78.7 cm³/mol. The van der Waals surface area contributed by atoms with E-state index in [4.69, 9.17) is 5.11 Å². The number of carboxylic acids is 1. The Balaban J connectivity index is 2.56. The van der Waals surface area contributed by atoms with Crippen molar-refractivity contribution in [1.29, 1.82) is 0 Å². The van der Waals surface area contributed by atoms with Crippen molar-refractivity contribution in [2.75, 3.05) is 6.54 Å². The molecule has 0 aromatic rings. The van der Waals surface area contributed by atoms with Crippen LogP contribution in [-0.2, 0) is 4.79 Å². The molecule has 0 aliphatic heterocycles. The van der Waals surface area contributed by atoms with Crippen molar-refractivity contribution >= 4 is 12.0 Å². The zero-order valence-corrected chi connectivity index (χ0v) is 12.9. The third kappa shape index (κ3) is 5.39. The van der Waals surface area contributed by atoms with Gasteiger partial charge in [-0.3, -0.25) is 4.79 Å². The van der Waals surface area contributed by atoms with Crippen LogP contribution >= 0.6 is 0 Å². The van der Waals surface area contributed by atoms with Crippen LogP contribution in [-0.4, -0.2) is 29.2 Å². The molecule has 2 amide bonds. The maximum absolute atomic E-state index is 12.0. The van der Waals surface area contributed by atoms with Crippen LogP contribution in [0, 0.1) is 5.41 Å². The summed E-state index contributed by atoms with van der Waals surface area (Å²) in [6, 6.07) is -0.241. The number of hydrogen-bond acceptors (Lipinski definition) is 2. The van der Waals surface area contributed by atoms with E-state index in [9.17, 15) is 9.59 Å². The van der Waals surface area contributed by atoms with Gasteiger partial charge in [0.2, 0.25) is 0 Å². The molecule has 1 fully saturated rings. The molecule has 0 bridgehead atoms. The van der Waals surface area contributed by atoms with Crippen LogP contribution in [0.4, 0.5) is 4.79 Å². The standard InChI is InChI=1S/C15H28N2O3/c1-4-14(2,3)11-16-13(20)17-15(10-12(18)19)8-6-5-7-9-15/h4-11H2,1-3H3,(H,18,19)(H2,16,17,20). The minimum Gasteiger partial charge on any atom is -0.481 e. The second-order valence-corrected chi connectivity index (χ2v) is 6.74. The van der Waals surface area contributed by atoms with Crippen molar-refractivity contribution < 1.29 is 14.7 Å². The van der Waals surface area contributed by atoms with Crippen LogP contribution in [0.3, 0.4) is 0 Å². The highest BCUT2D eigenvalue weighted by Gasteiger charge is 2.36. The highest BCUT2D eigenvalue weighted by Crippen LogP contribution is 2.31. The fourth-order valence-electron chi connectivity index (χ4n) is 2.59. The molecule has 0 aromatic heterocycles. The number of rotatable bonds is 6. The number of hydrogen-bond donors (Lipinski definition) is 3. The zero-order chi connectivity index (χ0) is 15.2. The van der Waals surface area contributed by atoms with Crippen LogP contribution in [0.2, 0.25) is 0 Å². The van der Waals surface area contributed by atoms with Crippen molar-refractivity contribution in [2.24, 2.45) is 5.41 Å². The van der Waals surface area contributed by atoms with Gasteiger partial charge >= 0.3 is 12.0 Å². The van der Waals surface area contributed by atoms with Gasteiger partial charge in [0.1, 0.15) is 0 Å². The Morgan fingerprint density at radius 1 is 1.20 bits per heavy atom. The second-order valence-electron chi connectivity index (χ2n) is 6.74. The predicted octanol–water partition coefficient (Wildman–Crippen LogP) is 2.90. The van der Waals surface area contributed by atoms with Gasteiger partial charge in [0.05, 0.1) is 12.0 Å². The number of urea groups is 1. The van der Waals surface area contributed by atoms with Crippen LogP contribution in [0.5, 0.6) is 0 Å². The molecule has 1 saturated carbocycles.